The van der Waals surface area contributed by atoms with Gasteiger partial charge in [-0.1, -0.05) is 13.8 Å². The fraction of sp³-hybridized carbons (Fsp3) is 0.343. The summed E-state index contributed by atoms with van der Waals surface area (Å²) in [7, 11) is 4.52. The Morgan fingerprint density at radius 3 is 2.22 bits per heavy atom. The summed E-state index contributed by atoms with van der Waals surface area (Å²) in [5.74, 6) is 0.885. The van der Waals surface area contributed by atoms with Crippen molar-refractivity contribution in [2.75, 3.05) is 32.8 Å². The predicted molar refractivity (Wildman–Crippen MR) is 175 cm³/mol. The molecule has 0 aliphatic carbocycles. The second-order valence-electron chi connectivity index (χ2n) is 11.3. The first-order valence-corrected chi connectivity index (χ1v) is 15.2. The van der Waals surface area contributed by atoms with Gasteiger partial charge in [-0.05, 0) is 65.9 Å². The van der Waals surface area contributed by atoms with E-state index in [-0.39, 0.29) is 92.3 Å². The van der Waals surface area contributed by atoms with E-state index in [1.54, 1.807) is 17.0 Å². The summed E-state index contributed by atoms with van der Waals surface area (Å²) in [5.41, 5.74) is 1.66. The number of nitriles is 1. The first-order valence-electron chi connectivity index (χ1n) is 15.2. The maximum absolute atomic E-state index is 13.8. The van der Waals surface area contributed by atoms with Crippen LogP contribution in [0.5, 0.6) is 23.0 Å². The van der Waals surface area contributed by atoms with Gasteiger partial charge in [-0.2, -0.15) is 18.4 Å². The Labute approximate surface area is 311 Å². The minimum atomic E-state index is -4.68. The van der Waals surface area contributed by atoms with Crippen molar-refractivity contribution < 1.29 is 73.0 Å². The number of aromatic nitrogens is 3. The van der Waals surface area contributed by atoms with E-state index in [0.29, 0.717) is 34.1 Å². The quantitative estimate of drug-likeness (QED) is 0.141. The number of hydrogen-bond donors (Lipinski definition) is 1. The van der Waals surface area contributed by atoms with E-state index in [1.165, 1.54) is 39.8 Å². The molecule has 2 heterocycles. The number of pyridine rings is 1. The first-order chi connectivity index (χ1) is 23.4. The van der Waals surface area contributed by atoms with E-state index in [9.17, 15) is 23.2 Å². The van der Waals surface area contributed by atoms with E-state index < -0.39 is 17.7 Å². The number of nitrogens with zero attached hydrogens (tertiary/aromatic N) is 5. The molecule has 2 aromatic carbocycles. The summed E-state index contributed by atoms with van der Waals surface area (Å²) in [5, 5.41) is 18.4. The molecule has 15 heteroatoms. The molecule has 0 bridgehead atoms. The number of carboxylic acid groups (broad SMARTS) is 1. The number of ether oxygens (including phenoxy) is 4. The van der Waals surface area contributed by atoms with Crippen molar-refractivity contribution in [3.05, 3.63) is 82.8 Å². The molecule has 0 aliphatic rings. The Bertz CT molecular complexity index is 1820. The normalized spacial score (nSPS) is 11.0. The molecule has 0 atom stereocenters. The Morgan fingerprint density at radius 2 is 1.64 bits per heavy atom. The van der Waals surface area contributed by atoms with E-state index >= 15 is 0 Å². The molecule has 4 rings (SSSR count). The second-order valence-corrected chi connectivity index (χ2v) is 11.3. The molecule has 0 aliphatic heterocycles. The molecule has 1 N–H and O–H groups in total. The summed E-state index contributed by atoms with van der Waals surface area (Å²) < 4.78 is 64.0. The Morgan fingerprint density at radius 1 is 0.980 bits per heavy atom. The third kappa shape index (κ3) is 10.2. The van der Waals surface area contributed by atoms with Gasteiger partial charge in [0.15, 0.2) is 17.2 Å². The molecule has 4 aromatic rings. The number of carbonyl (C=O) groups is 1. The van der Waals surface area contributed by atoms with Gasteiger partial charge in [-0.3, -0.25) is 4.79 Å². The minimum Gasteiger partial charge on any atom is -1.00 e. The van der Waals surface area contributed by atoms with Crippen molar-refractivity contribution in [1.29, 1.82) is 5.26 Å². The van der Waals surface area contributed by atoms with Crippen molar-refractivity contribution in [2.45, 2.75) is 51.9 Å². The number of benzene rings is 2. The van der Waals surface area contributed by atoms with Crippen LogP contribution in [0, 0.1) is 11.3 Å². The number of halogens is 3. The molecule has 50 heavy (non-hydrogen) atoms. The third-order valence-electron chi connectivity index (χ3n) is 7.44. The van der Waals surface area contributed by atoms with Gasteiger partial charge in [0, 0.05) is 30.8 Å². The van der Waals surface area contributed by atoms with Gasteiger partial charge in [0.05, 0.1) is 57.5 Å². The molecule has 11 nitrogen and oxygen atoms in total. The minimum absolute atomic E-state index is 0. The molecule has 0 saturated heterocycles. The zero-order valence-corrected chi connectivity index (χ0v) is 30.7. The van der Waals surface area contributed by atoms with Crippen molar-refractivity contribution in [3.63, 3.8) is 0 Å². The van der Waals surface area contributed by atoms with Crippen molar-refractivity contribution in [1.82, 2.24) is 15.0 Å². The predicted octanol–water partition coefficient (Wildman–Crippen LogP) is 4.15. The molecule has 0 amide bonds. The number of hydrogen-bond acceptors (Lipinski definition) is 10. The van der Waals surface area contributed by atoms with Crippen LogP contribution in [0.15, 0.2) is 54.9 Å². The van der Waals surface area contributed by atoms with E-state index in [4.69, 9.17) is 29.0 Å². The van der Waals surface area contributed by atoms with Gasteiger partial charge in [0.1, 0.15) is 11.4 Å². The molecule has 0 radical (unpaired) electrons. The monoisotopic (exact) mass is 703 g/mol. The smallest absolute Gasteiger partial charge is 1.00 e. The molecule has 0 fully saturated rings. The second kappa shape index (κ2) is 17.9. The number of carboxylic acids is 1. The summed E-state index contributed by atoms with van der Waals surface area (Å²) in [6.07, 6.45) is -1.67. The Balaban J connectivity index is 0.00000451. The van der Waals surface area contributed by atoms with Gasteiger partial charge in [-0.15, -0.1) is 0 Å². The Hall–Kier alpha value is -4.58. The number of rotatable bonds is 15. The van der Waals surface area contributed by atoms with Gasteiger partial charge in [-0.25, -0.2) is 15.0 Å². The van der Waals surface area contributed by atoms with Gasteiger partial charge in [0.2, 0.25) is 5.95 Å². The number of anilines is 1. The van der Waals surface area contributed by atoms with Crippen LogP contribution < -0.4 is 53.4 Å². The maximum atomic E-state index is 13.8. The summed E-state index contributed by atoms with van der Waals surface area (Å²) in [6.45, 7) is 4.07. The zero-order chi connectivity index (χ0) is 35.7. The Kier molecular flexibility index (Phi) is 14.3. The van der Waals surface area contributed by atoms with Crippen molar-refractivity contribution in [3.8, 4) is 40.3 Å². The van der Waals surface area contributed by atoms with Crippen LogP contribution in [0.4, 0.5) is 19.1 Å². The van der Waals surface area contributed by atoms with Gasteiger partial charge < -0.3 is 30.4 Å². The van der Waals surface area contributed by atoms with Gasteiger partial charge >= 0.3 is 41.7 Å². The molecular formula is C35H37F3N5NaO6. The number of alkyl halides is 3. The average molecular weight is 704 g/mol. The molecular weight excluding hydrogens is 666 g/mol. The fourth-order valence-corrected chi connectivity index (χ4v) is 5.01. The molecule has 0 saturated carbocycles. The molecule has 0 unspecified atom stereocenters. The van der Waals surface area contributed by atoms with E-state index in [2.05, 4.69) is 9.97 Å². The van der Waals surface area contributed by atoms with Gasteiger partial charge in [0.25, 0.3) is 0 Å². The SMILES string of the molecule is COc1cc(CN(Cc2cc(C#N)cc(C(F)(F)F)c2)c2ncc(OCCCC(=O)O)cn2)c(-c2nc(C(C)C)ccc2OC)cc1OC.[H-].[Na+]. The largest absolute Gasteiger partial charge is 1.00 e. The van der Waals surface area contributed by atoms with Crippen LogP contribution >= 0.6 is 0 Å². The maximum Gasteiger partial charge on any atom is 1.00 e. The van der Waals surface area contributed by atoms with Crippen LogP contribution in [0.1, 0.15) is 62.0 Å². The van der Waals surface area contributed by atoms with Crippen LogP contribution in [-0.2, 0) is 24.1 Å². The first kappa shape index (κ1) is 39.9. The van der Waals surface area contributed by atoms with Crippen LogP contribution in [0.2, 0.25) is 0 Å². The zero-order valence-electron chi connectivity index (χ0n) is 29.7. The number of methoxy groups -OCH3 is 3. The van der Waals surface area contributed by atoms with Crippen LogP contribution in [-0.4, -0.2) is 54.0 Å². The fourth-order valence-electron chi connectivity index (χ4n) is 5.01. The third-order valence-corrected chi connectivity index (χ3v) is 7.44. The van der Waals surface area contributed by atoms with E-state index in [1.807, 2.05) is 32.0 Å². The molecule has 2 aromatic heterocycles. The van der Waals surface area contributed by atoms with E-state index in [0.717, 1.165) is 17.8 Å². The summed E-state index contributed by atoms with van der Waals surface area (Å²) in [6, 6.07) is 12.2. The van der Waals surface area contributed by atoms with Crippen molar-refractivity contribution in [2.24, 2.45) is 0 Å². The topological polar surface area (TPSA) is 140 Å². The van der Waals surface area contributed by atoms with Crippen molar-refractivity contribution >= 4 is 11.9 Å². The standard InChI is InChI=1S/C35H36F3N5O6.Na.H/c1-21(2)28-8-9-29(46-3)33(42-28)27-15-31(48-5)30(47-4)14-24(27)20-43(19-23-11-22(16-39)12-25(13-23)35(36,37)38)34-40-17-26(18-41-34)49-10-6-7-32(44)45;;/h8-9,11-15,17-18,21H,6-7,10,19-20H2,1-5H3,(H,44,45);;/q;+1;-1. The molecule has 0 spiro atoms. The van der Waals surface area contributed by atoms with Crippen LogP contribution in [0.25, 0.3) is 11.3 Å². The summed E-state index contributed by atoms with van der Waals surface area (Å²) in [4.78, 5) is 26.3. The number of aliphatic carboxylic acids is 1. The molecule has 260 valence electrons. The summed E-state index contributed by atoms with van der Waals surface area (Å²) >= 11 is 0. The van der Waals surface area contributed by atoms with Crippen LogP contribution in [0.3, 0.4) is 0 Å². The average Bonchev–Trinajstić information content (AvgIpc) is 3.08.